The molecule has 4 heteroatoms. The van der Waals surface area contributed by atoms with E-state index in [1.165, 1.54) is 5.57 Å². The molecular weight excluding hydrogens is 362 g/mol. The Morgan fingerprint density at radius 3 is 2.79 bits per heavy atom. The number of hydrogen-bond donors (Lipinski definition) is 1. The largest absolute Gasteiger partial charge is 0.462 e. The Morgan fingerprint density at radius 2 is 2.07 bits per heavy atom. The van der Waals surface area contributed by atoms with E-state index in [1.807, 2.05) is 13.0 Å². The fourth-order valence-electron chi connectivity index (χ4n) is 6.91. The average Bonchev–Trinajstić information content (AvgIpc) is 3.03. The van der Waals surface area contributed by atoms with E-state index in [-0.39, 0.29) is 22.9 Å². The maximum Gasteiger partial charge on any atom is 0.305 e. The van der Waals surface area contributed by atoms with Gasteiger partial charge in [-0.3, -0.25) is 9.59 Å². The Bertz CT molecular complexity index is 753. The fraction of sp³-hybridized carbons (Fsp3) is 0.760. The molecule has 0 aromatic heterocycles. The van der Waals surface area contributed by atoms with Gasteiger partial charge in [0.25, 0.3) is 0 Å². The van der Waals surface area contributed by atoms with E-state index in [4.69, 9.17) is 4.74 Å². The molecule has 0 heterocycles. The van der Waals surface area contributed by atoms with Crippen LogP contribution in [0.2, 0.25) is 0 Å². The smallest absolute Gasteiger partial charge is 0.305 e. The predicted molar refractivity (Wildman–Crippen MR) is 114 cm³/mol. The van der Waals surface area contributed by atoms with E-state index in [0.29, 0.717) is 36.4 Å². The molecule has 2 unspecified atom stereocenters. The lowest BCUT2D eigenvalue weighted by Crippen LogP contribution is -2.51. The number of rotatable bonds is 5. The van der Waals surface area contributed by atoms with Gasteiger partial charge in [-0.05, 0) is 69.0 Å². The van der Waals surface area contributed by atoms with Crippen LogP contribution in [0, 0.1) is 28.6 Å². The number of ether oxygens (including phenoxy) is 1. The normalized spacial score (nSPS) is 41.0. The van der Waals surface area contributed by atoms with Crippen molar-refractivity contribution >= 4 is 11.8 Å². The lowest BCUT2D eigenvalue weighted by Gasteiger charge is -2.56. The van der Waals surface area contributed by atoms with Crippen LogP contribution >= 0.6 is 0 Å². The second-order valence-corrected chi connectivity index (χ2v) is 10.2. The lowest BCUT2D eigenvalue weighted by atomic mass is 9.49. The molecule has 4 nitrogen and oxygen atoms in total. The minimum atomic E-state index is -0.0672. The maximum absolute atomic E-state index is 12.2. The third kappa shape index (κ3) is 3.32. The van der Waals surface area contributed by atoms with Gasteiger partial charge in [-0.2, -0.15) is 0 Å². The van der Waals surface area contributed by atoms with Gasteiger partial charge in [0, 0.05) is 23.7 Å². The highest BCUT2D eigenvalue weighted by molar-refractivity contribution is 5.92. The van der Waals surface area contributed by atoms with E-state index in [1.54, 1.807) is 5.57 Å². The monoisotopic (exact) mass is 399 g/mol. The van der Waals surface area contributed by atoms with Crippen LogP contribution in [0.15, 0.2) is 23.3 Å². The van der Waals surface area contributed by atoms with Crippen molar-refractivity contribution in [1.29, 1.82) is 0 Å². The van der Waals surface area contributed by atoms with E-state index >= 15 is 0 Å². The first-order chi connectivity index (χ1) is 13.8. The summed E-state index contributed by atoms with van der Waals surface area (Å²) in [5.41, 5.74) is 3.01. The molecular formula is C25H37NO3. The summed E-state index contributed by atoms with van der Waals surface area (Å²) >= 11 is 0. The maximum atomic E-state index is 12.2. The molecule has 0 radical (unpaired) electrons. The molecule has 0 aliphatic heterocycles. The van der Waals surface area contributed by atoms with Crippen LogP contribution < -0.4 is 5.32 Å². The van der Waals surface area contributed by atoms with Gasteiger partial charge in [0.1, 0.15) is 6.10 Å². The molecule has 29 heavy (non-hydrogen) atoms. The number of fused-ring (bicyclic) bond motifs is 5. The van der Waals surface area contributed by atoms with Crippen LogP contribution in [0.25, 0.3) is 0 Å². The summed E-state index contributed by atoms with van der Waals surface area (Å²) in [6.07, 6.45) is 10.7. The summed E-state index contributed by atoms with van der Waals surface area (Å²) in [6.45, 7) is 10.7. The zero-order chi connectivity index (χ0) is 20.8. The van der Waals surface area contributed by atoms with Crippen molar-refractivity contribution in [1.82, 2.24) is 5.32 Å². The van der Waals surface area contributed by atoms with Gasteiger partial charge in [-0.25, -0.2) is 0 Å². The summed E-state index contributed by atoms with van der Waals surface area (Å²) in [5, 5.41) is 3.59. The molecule has 0 amide bonds. The second-order valence-electron chi connectivity index (χ2n) is 10.2. The first-order valence-electron chi connectivity index (χ1n) is 11.7. The molecule has 2 fully saturated rings. The van der Waals surface area contributed by atoms with Crippen molar-refractivity contribution < 1.29 is 14.3 Å². The van der Waals surface area contributed by atoms with Crippen molar-refractivity contribution in [2.45, 2.75) is 78.7 Å². The highest BCUT2D eigenvalue weighted by Crippen LogP contribution is 2.64. The Labute approximate surface area is 175 Å². The molecule has 4 aliphatic carbocycles. The summed E-state index contributed by atoms with van der Waals surface area (Å²) in [6, 6.07) is 0. The van der Waals surface area contributed by atoms with Crippen molar-refractivity contribution in [3.63, 3.8) is 0 Å². The Morgan fingerprint density at radius 1 is 1.28 bits per heavy atom. The first kappa shape index (κ1) is 20.8. The van der Waals surface area contributed by atoms with E-state index in [9.17, 15) is 9.59 Å². The van der Waals surface area contributed by atoms with Gasteiger partial charge in [0.05, 0.1) is 0 Å². The molecule has 0 bridgehead atoms. The zero-order valence-electron chi connectivity index (χ0n) is 18.6. The van der Waals surface area contributed by atoms with Gasteiger partial charge in [0.2, 0.25) is 0 Å². The SMILES string of the molecule is CCNC[C@@H]1CC2=CC(=O)CC[C@]2(C)C2=CC[C@@]3(C)C(CC[C@@H]3OC(=O)CC)C21. The third-order valence-electron chi connectivity index (χ3n) is 8.64. The van der Waals surface area contributed by atoms with Crippen LogP contribution in [0.5, 0.6) is 0 Å². The molecule has 4 aliphatic rings. The van der Waals surface area contributed by atoms with Gasteiger partial charge in [-0.1, -0.05) is 44.9 Å². The molecule has 1 N–H and O–H groups in total. The van der Waals surface area contributed by atoms with Gasteiger partial charge >= 0.3 is 5.97 Å². The van der Waals surface area contributed by atoms with E-state index in [0.717, 1.165) is 45.2 Å². The second kappa shape index (κ2) is 7.68. The van der Waals surface area contributed by atoms with Crippen LogP contribution in [-0.2, 0) is 14.3 Å². The molecule has 0 spiro atoms. The minimum absolute atomic E-state index is 0.0333. The lowest BCUT2D eigenvalue weighted by molar-refractivity contribution is -0.155. The third-order valence-corrected chi connectivity index (χ3v) is 8.64. The van der Waals surface area contributed by atoms with Crippen LogP contribution in [0.1, 0.15) is 72.6 Å². The van der Waals surface area contributed by atoms with Gasteiger partial charge in [0.15, 0.2) is 5.78 Å². The van der Waals surface area contributed by atoms with Gasteiger partial charge < -0.3 is 10.1 Å². The number of allylic oxidation sites excluding steroid dienone is 4. The minimum Gasteiger partial charge on any atom is -0.462 e. The highest BCUT2D eigenvalue weighted by Gasteiger charge is 2.59. The van der Waals surface area contributed by atoms with Crippen molar-refractivity contribution in [2.24, 2.45) is 28.6 Å². The summed E-state index contributed by atoms with van der Waals surface area (Å²) in [5.74, 6) is 1.82. The number of ketones is 1. The molecule has 0 aromatic rings. The van der Waals surface area contributed by atoms with Crippen LogP contribution in [-0.4, -0.2) is 30.9 Å². The standard InChI is InChI=1S/C25H37NO3/c1-5-22(28)29-21-8-7-19-23-16(15-26-6-2)13-17-14-18(27)9-11-24(17,3)20(23)10-12-25(19,21)4/h10,14,16,19,21,23,26H,5-9,11-13,15H2,1-4H3/t16-,19?,21-,23?,24-,25-/m0/s1. The Kier molecular flexibility index (Phi) is 5.52. The number of esters is 1. The quantitative estimate of drug-likeness (QED) is 0.542. The van der Waals surface area contributed by atoms with Crippen LogP contribution in [0.3, 0.4) is 0 Å². The van der Waals surface area contributed by atoms with Crippen molar-refractivity contribution in [3.05, 3.63) is 23.3 Å². The predicted octanol–water partition coefficient (Wildman–Crippen LogP) is 4.60. The molecule has 4 rings (SSSR count). The molecule has 0 aromatic carbocycles. The number of carbonyl (C=O) groups excluding carboxylic acids is 2. The number of nitrogens with one attached hydrogen (secondary N) is 1. The first-order valence-corrected chi connectivity index (χ1v) is 11.7. The molecule has 160 valence electrons. The van der Waals surface area contributed by atoms with Crippen molar-refractivity contribution in [3.8, 4) is 0 Å². The average molecular weight is 400 g/mol. The van der Waals surface area contributed by atoms with Gasteiger partial charge in [-0.15, -0.1) is 0 Å². The summed E-state index contributed by atoms with van der Waals surface area (Å²) < 4.78 is 5.94. The highest BCUT2D eigenvalue weighted by atomic mass is 16.5. The summed E-state index contributed by atoms with van der Waals surface area (Å²) in [7, 11) is 0. The van der Waals surface area contributed by atoms with E-state index in [2.05, 4.69) is 32.2 Å². The number of carbonyl (C=O) groups is 2. The Hall–Kier alpha value is -1.42. The molecule has 0 saturated heterocycles. The van der Waals surface area contributed by atoms with Crippen molar-refractivity contribution in [2.75, 3.05) is 13.1 Å². The summed E-state index contributed by atoms with van der Waals surface area (Å²) in [4.78, 5) is 24.2. The fourth-order valence-corrected chi connectivity index (χ4v) is 6.91. The molecule has 2 saturated carbocycles. The Balaban J connectivity index is 1.71. The number of hydrogen-bond acceptors (Lipinski definition) is 4. The topological polar surface area (TPSA) is 55.4 Å². The van der Waals surface area contributed by atoms with Crippen LogP contribution in [0.4, 0.5) is 0 Å². The molecule has 6 atom stereocenters. The zero-order valence-corrected chi connectivity index (χ0v) is 18.6. The van der Waals surface area contributed by atoms with E-state index < -0.39 is 0 Å².